The van der Waals surface area contributed by atoms with Gasteiger partial charge in [0.25, 0.3) is 0 Å². The van der Waals surface area contributed by atoms with Gasteiger partial charge in [0.05, 0.1) is 11.9 Å². The molecule has 0 aromatic carbocycles. The molecule has 3 nitrogen and oxygen atoms in total. The van der Waals surface area contributed by atoms with Gasteiger partial charge in [-0.1, -0.05) is 0 Å². The molecule has 0 radical (unpaired) electrons. The zero-order valence-corrected chi connectivity index (χ0v) is 4.50. The van der Waals surface area contributed by atoms with Crippen molar-refractivity contribution in [2.45, 2.75) is 13.7 Å². The van der Waals surface area contributed by atoms with Crippen LogP contribution in [0, 0.1) is 6.92 Å². The summed E-state index contributed by atoms with van der Waals surface area (Å²) in [6, 6.07) is 0. The lowest BCUT2D eigenvalue weighted by molar-refractivity contribution is 0.318. The molecule has 1 rings (SSSR count). The highest BCUT2D eigenvalue weighted by atomic mass is 19.1. The Labute approximate surface area is 46.1 Å². The minimum atomic E-state index is -0.645. The maximum absolute atomic E-state index is 11.6. The van der Waals surface area contributed by atoms with Crippen LogP contribution in [0.15, 0.2) is 6.20 Å². The lowest BCUT2D eigenvalue weighted by atomic mass is 10.6. The molecule has 1 aromatic rings. The quantitative estimate of drug-likeness (QED) is 0.534. The van der Waals surface area contributed by atoms with Gasteiger partial charge in [-0.15, -0.1) is 0 Å². The Balaban J connectivity index is 2.84. The highest BCUT2D eigenvalue weighted by molar-refractivity contribution is 4.84. The molecule has 8 heavy (non-hydrogen) atoms. The van der Waals surface area contributed by atoms with Crippen molar-refractivity contribution < 1.29 is 4.39 Å². The minimum absolute atomic E-state index is 0.645. The SMILES string of the molecule is Cc1cnn(CF)n1. The first-order valence-electron chi connectivity index (χ1n) is 2.25. The molecule has 0 saturated heterocycles. The molecule has 1 aromatic heterocycles. The summed E-state index contributed by atoms with van der Waals surface area (Å²) in [4.78, 5) is 0.995. The molecule has 0 unspecified atom stereocenters. The third-order valence-electron chi connectivity index (χ3n) is 0.758. The summed E-state index contributed by atoms with van der Waals surface area (Å²) < 4.78 is 11.6. The molecule has 0 aliphatic heterocycles. The van der Waals surface area contributed by atoms with E-state index in [-0.39, 0.29) is 0 Å². The van der Waals surface area contributed by atoms with Gasteiger partial charge in [0.15, 0.2) is 0 Å². The Hall–Kier alpha value is -0.930. The molecular formula is C4H6FN3. The van der Waals surface area contributed by atoms with Crippen LogP contribution in [0.25, 0.3) is 0 Å². The van der Waals surface area contributed by atoms with Crippen molar-refractivity contribution in [3.63, 3.8) is 0 Å². The van der Waals surface area contributed by atoms with Crippen molar-refractivity contribution in [3.8, 4) is 0 Å². The fourth-order valence-electron chi connectivity index (χ4n) is 0.442. The zero-order valence-electron chi connectivity index (χ0n) is 4.50. The predicted octanol–water partition coefficient (Wildman–Crippen LogP) is 0.514. The van der Waals surface area contributed by atoms with E-state index in [9.17, 15) is 4.39 Å². The second-order valence-electron chi connectivity index (χ2n) is 1.48. The average molecular weight is 115 g/mol. The molecule has 0 aliphatic carbocycles. The number of halogens is 1. The summed E-state index contributed by atoms with van der Waals surface area (Å²) >= 11 is 0. The van der Waals surface area contributed by atoms with E-state index in [0.717, 1.165) is 10.5 Å². The van der Waals surface area contributed by atoms with Crippen LogP contribution in [0.2, 0.25) is 0 Å². The van der Waals surface area contributed by atoms with E-state index < -0.39 is 6.80 Å². The number of hydrogen-bond acceptors (Lipinski definition) is 2. The van der Waals surface area contributed by atoms with Gasteiger partial charge in [-0.2, -0.15) is 15.0 Å². The first-order chi connectivity index (χ1) is 3.83. The number of alkyl halides is 1. The number of hydrogen-bond donors (Lipinski definition) is 0. The molecule has 0 fully saturated rings. The van der Waals surface area contributed by atoms with Crippen LogP contribution < -0.4 is 0 Å². The normalized spacial score (nSPS) is 9.75. The van der Waals surface area contributed by atoms with Gasteiger partial charge in [-0.25, -0.2) is 4.39 Å². The van der Waals surface area contributed by atoms with Crippen molar-refractivity contribution >= 4 is 0 Å². The average Bonchev–Trinajstić information content (AvgIpc) is 2.14. The molecule has 0 N–H and O–H groups in total. The number of aromatic nitrogens is 3. The van der Waals surface area contributed by atoms with Gasteiger partial charge in [-0.3, -0.25) is 0 Å². The molecule has 0 saturated carbocycles. The molecule has 4 heteroatoms. The van der Waals surface area contributed by atoms with Crippen molar-refractivity contribution in [1.82, 2.24) is 15.0 Å². The minimum Gasteiger partial charge on any atom is -0.223 e. The van der Waals surface area contributed by atoms with Crippen LogP contribution >= 0.6 is 0 Å². The van der Waals surface area contributed by atoms with Gasteiger partial charge in [0.2, 0.25) is 6.80 Å². The largest absolute Gasteiger partial charge is 0.223 e. The van der Waals surface area contributed by atoms with Crippen molar-refractivity contribution in [2.75, 3.05) is 0 Å². The molecule has 0 spiro atoms. The van der Waals surface area contributed by atoms with Gasteiger partial charge in [-0.05, 0) is 6.92 Å². The molecule has 1 heterocycles. The van der Waals surface area contributed by atoms with E-state index in [1.54, 1.807) is 6.92 Å². The fraction of sp³-hybridized carbons (Fsp3) is 0.500. The topological polar surface area (TPSA) is 30.7 Å². The van der Waals surface area contributed by atoms with Crippen molar-refractivity contribution in [2.24, 2.45) is 0 Å². The van der Waals surface area contributed by atoms with E-state index in [1.165, 1.54) is 6.20 Å². The first kappa shape index (κ1) is 5.21. The first-order valence-corrected chi connectivity index (χ1v) is 2.25. The summed E-state index contributed by atoms with van der Waals surface area (Å²) in [5.41, 5.74) is 0.739. The Morgan fingerprint density at radius 3 is 2.88 bits per heavy atom. The third kappa shape index (κ3) is 0.828. The summed E-state index contributed by atoms with van der Waals surface area (Å²) in [7, 11) is 0. The molecule has 0 bridgehead atoms. The number of aryl methyl sites for hydroxylation is 1. The highest BCUT2D eigenvalue weighted by Crippen LogP contribution is 1.85. The second kappa shape index (κ2) is 1.90. The monoisotopic (exact) mass is 115 g/mol. The standard InChI is InChI=1S/C4H6FN3/c1-4-2-6-8(3-5)7-4/h2H,3H2,1H3. The van der Waals surface area contributed by atoms with Crippen LogP contribution in [0.3, 0.4) is 0 Å². The second-order valence-corrected chi connectivity index (χ2v) is 1.48. The molecule has 0 atom stereocenters. The zero-order chi connectivity index (χ0) is 5.98. The predicted molar refractivity (Wildman–Crippen MR) is 25.9 cm³/mol. The summed E-state index contributed by atoms with van der Waals surface area (Å²) in [5, 5.41) is 7.22. The van der Waals surface area contributed by atoms with Crippen molar-refractivity contribution in [3.05, 3.63) is 11.9 Å². The van der Waals surface area contributed by atoms with E-state index in [0.29, 0.717) is 0 Å². The Kier molecular flexibility index (Phi) is 1.24. The number of nitrogens with zero attached hydrogens (tertiary/aromatic N) is 3. The van der Waals surface area contributed by atoms with Crippen LogP contribution in [0.4, 0.5) is 4.39 Å². The van der Waals surface area contributed by atoms with Gasteiger partial charge < -0.3 is 0 Å². The van der Waals surface area contributed by atoms with Crippen LogP contribution in [-0.4, -0.2) is 15.0 Å². The van der Waals surface area contributed by atoms with Crippen LogP contribution in [0.1, 0.15) is 5.69 Å². The molecule has 0 amide bonds. The van der Waals surface area contributed by atoms with Crippen LogP contribution in [0.5, 0.6) is 0 Å². The molecule has 0 aliphatic rings. The summed E-state index contributed by atoms with van der Waals surface area (Å²) in [6.07, 6.45) is 1.51. The lowest BCUT2D eigenvalue weighted by Gasteiger charge is -1.83. The maximum atomic E-state index is 11.6. The van der Waals surface area contributed by atoms with Crippen molar-refractivity contribution in [1.29, 1.82) is 0 Å². The summed E-state index contributed by atoms with van der Waals surface area (Å²) in [6.45, 7) is 1.12. The molecule has 44 valence electrons. The van der Waals surface area contributed by atoms with E-state index in [1.807, 2.05) is 0 Å². The summed E-state index contributed by atoms with van der Waals surface area (Å²) in [5.74, 6) is 0. The van der Waals surface area contributed by atoms with E-state index >= 15 is 0 Å². The van der Waals surface area contributed by atoms with Gasteiger partial charge >= 0.3 is 0 Å². The third-order valence-corrected chi connectivity index (χ3v) is 0.758. The van der Waals surface area contributed by atoms with Crippen LogP contribution in [-0.2, 0) is 6.80 Å². The molecular weight excluding hydrogens is 109 g/mol. The van der Waals surface area contributed by atoms with Gasteiger partial charge in [0, 0.05) is 0 Å². The van der Waals surface area contributed by atoms with E-state index in [2.05, 4.69) is 10.2 Å². The van der Waals surface area contributed by atoms with E-state index in [4.69, 9.17) is 0 Å². The van der Waals surface area contributed by atoms with Gasteiger partial charge in [0.1, 0.15) is 0 Å². The Morgan fingerprint density at radius 1 is 1.88 bits per heavy atom. The fourth-order valence-corrected chi connectivity index (χ4v) is 0.442. The smallest absolute Gasteiger partial charge is 0.200 e. The highest BCUT2D eigenvalue weighted by Gasteiger charge is 1.89. The maximum Gasteiger partial charge on any atom is 0.200 e. The Morgan fingerprint density at radius 2 is 2.62 bits per heavy atom. The lowest BCUT2D eigenvalue weighted by Crippen LogP contribution is -1.96. The Bertz CT molecular complexity index is 172. The number of rotatable bonds is 1.